The fourth-order valence-electron chi connectivity index (χ4n) is 4.03. The number of aromatic nitrogens is 1. The van der Waals surface area contributed by atoms with Crippen LogP contribution in [0.25, 0.3) is 10.2 Å². The molecule has 1 atom stereocenters. The second kappa shape index (κ2) is 10.4. The molecule has 4 rings (SSSR count). The number of hydrogen-bond acceptors (Lipinski definition) is 6. The number of fused-ring (bicyclic) bond motifs is 1. The Kier molecular flexibility index (Phi) is 7.48. The van der Waals surface area contributed by atoms with Crippen LogP contribution in [0.1, 0.15) is 25.3 Å². The fraction of sp³-hybridized carbons (Fsp3) is 0.375. The van der Waals surface area contributed by atoms with Gasteiger partial charge < -0.3 is 9.30 Å². The predicted octanol–water partition coefficient (Wildman–Crippen LogP) is 3.24. The zero-order valence-electron chi connectivity index (χ0n) is 19.4. The summed E-state index contributed by atoms with van der Waals surface area (Å²) in [5.41, 5.74) is 1.51. The average molecular weight is 520 g/mol. The van der Waals surface area contributed by atoms with Gasteiger partial charge in [0.15, 0.2) is 4.80 Å². The van der Waals surface area contributed by atoms with Crippen LogP contribution in [0.5, 0.6) is 0 Å². The Hall–Kier alpha value is -2.89. The number of thiazole rings is 1. The van der Waals surface area contributed by atoms with Gasteiger partial charge in [-0.1, -0.05) is 29.0 Å². The number of halogens is 1. The van der Waals surface area contributed by atoms with Gasteiger partial charge in [0.05, 0.1) is 27.6 Å². The highest BCUT2D eigenvalue weighted by Crippen LogP contribution is 2.25. The minimum Gasteiger partial charge on any atom is -0.465 e. The van der Waals surface area contributed by atoms with E-state index in [0.717, 1.165) is 16.9 Å². The van der Waals surface area contributed by atoms with Crippen LogP contribution in [0.3, 0.4) is 0 Å². The van der Waals surface area contributed by atoms with Crippen molar-refractivity contribution in [3.05, 3.63) is 58.6 Å². The minimum absolute atomic E-state index is 0.0238. The molecule has 1 amide bonds. The molecule has 1 fully saturated rings. The molecule has 8 nitrogen and oxygen atoms in total. The monoisotopic (exact) mass is 519 g/mol. The number of aryl methyl sites for hydroxylation is 1. The zero-order chi connectivity index (χ0) is 25.2. The van der Waals surface area contributed by atoms with Crippen molar-refractivity contribution in [2.45, 2.75) is 38.1 Å². The molecule has 1 unspecified atom stereocenters. The first-order chi connectivity index (χ1) is 16.7. The number of carbonyl (C=O) groups is 2. The van der Waals surface area contributed by atoms with Crippen LogP contribution < -0.4 is 4.80 Å². The average Bonchev–Trinajstić information content (AvgIpc) is 3.15. The van der Waals surface area contributed by atoms with E-state index in [4.69, 9.17) is 4.74 Å². The third kappa shape index (κ3) is 5.52. The van der Waals surface area contributed by atoms with Crippen LogP contribution in [0, 0.1) is 18.7 Å². The number of ether oxygens (including phenoxy) is 1. The normalized spacial score (nSPS) is 17.6. The molecule has 0 saturated carbocycles. The number of piperidine rings is 1. The Morgan fingerprint density at radius 1 is 1.20 bits per heavy atom. The van der Waals surface area contributed by atoms with Crippen molar-refractivity contribution in [2.75, 3.05) is 19.7 Å². The molecule has 3 aromatic rings. The molecule has 35 heavy (non-hydrogen) atoms. The number of sulfonamides is 1. The summed E-state index contributed by atoms with van der Waals surface area (Å²) in [5.74, 6) is -2.04. The van der Waals surface area contributed by atoms with Gasteiger partial charge in [-0.15, -0.1) is 0 Å². The van der Waals surface area contributed by atoms with Crippen LogP contribution in [0.15, 0.2) is 52.4 Å². The lowest BCUT2D eigenvalue weighted by molar-refractivity contribution is -0.143. The van der Waals surface area contributed by atoms with E-state index in [1.165, 1.54) is 27.1 Å². The van der Waals surface area contributed by atoms with Crippen LogP contribution in [-0.2, 0) is 30.9 Å². The third-order valence-electron chi connectivity index (χ3n) is 5.84. The zero-order valence-corrected chi connectivity index (χ0v) is 21.1. The Morgan fingerprint density at radius 3 is 2.66 bits per heavy atom. The first-order valence-electron chi connectivity index (χ1n) is 11.3. The van der Waals surface area contributed by atoms with Crippen molar-refractivity contribution < 1.29 is 27.1 Å². The molecule has 0 radical (unpaired) electrons. The van der Waals surface area contributed by atoms with Crippen LogP contribution in [0.2, 0.25) is 0 Å². The lowest BCUT2D eigenvalue weighted by atomic mass is 9.99. The number of esters is 1. The minimum atomic E-state index is -3.74. The SMILES string of the molecule is CCOC(=O)Cn1c(=NC(=O)C2CCCN(S(=O)(=O)c3ccc(C)cc3)C2)sc2cc(F)ccc21. The molecule has 1 aliphatic rings. The number of nitrogens with zero attached hydrogens (tertiary/aromatic N) is 3. The van der Waals surface area contributed by atoms with E-state index in [1.54, 1.807) is 31.2 Å². The summed E-state index contributed by atoms with van der Waals surface area (Å²) < 4.78 is 48.4. The fourth-order valence-corrected chi connectivity index (χ4v) is 6.61. The molecule has 2 heterocycles. The standard InChI is InChI=1S/C24H26FN3O5S2/c1-3-33-22(29)15-28-20-11-8-18(25)13-21(20)34-24(28)26-23(30)17-5-4-12-27(14-17)35(31,32)19-9-6-16(2)7-10-19/h6-11,13,17H,3-5,12,14-15H2,1-2H3. The smallest absolute Gasteiger partial charge is 0.326 e. The third-order valence-corrected chi connectivity index (χ3v) is 8.76. The lowest BCUT2D eigenvalue weighted by Crippen LogP contribution is -2.42. The maximum absolute atomic E-state index is 13.8. The van der Waals surface area contributed by atoms with Crippen molar-refractivity contribution in [1.29, 1.82) is 0 Å². The molecule has 0 spiro atoms. The molecule has 1 aliphatic heterocycles. The van der Waals surface area contributed by atoms with Gasteiger partial charge in [0.1, 0.15) is 12.4 Å². The first kappa shape index (κ1) is 25.2. The molecule has 0 aliphatic carbocycles. The van der Waals surface area contributed by atoms with E-state index >= 15 is 0 Å². The first-order valence-corrected chi connectivity index (χ1v) is 13.5. The highest BCUT2D eigenvalue weighted by molar-refractivity contribution is 7.89. The Labute approximate surface area is 206 Å². The van der Waals surface area contributed by atoms with E-state index in [9.17, 15) is 22.4 Å². The summed E-state index contributed by atoms with van der Waals surface area (Å²) in [5, 5.41) is 0. The van der Waals surface area contributed by atoms with Crippen LogP contribution in [-0.4, -0.2) is 48.9 Å². The van der Waals surface area contributed by atoms with Gasteiger partial charge >= 0.3 is 5.97 Å². The van der Waals surface area contributed by atoms with E-state index < -0.39 is 33.6 Å². The summed E-state index contributed by atoms with van der Waals surface area (Å²) in [6, 6.07) is 10.7. The van der Waals surface area contributed by atoms with Crippen molar-refractivity contribution in [1.82, 2.24) is 8.87 Å². The van der Waals surface area contributed by atoms with E-state index in [0.29, 0.717) is 29.6 Å². The molecule has 1 aromatic heterocycles. The maximum atomic E-state index is 13.8. The Morgan fingerprint density at radius 2 is 1.94 bits per heavy atom. The summed E-state index contributed by atoms with van der Waals surface area (Å²) in [6.07, 6.45) is 1.02. The topological polar surface area (TPSA) is 98.0 Å². The van der Waals surface area contributed by atoms with Crippen molar-refractivity contribution in [3.8, 4) is 0 Å². The van der Waals surface area contributed by atoms with Gasteiger partial charge in [0, 0.05) is 13.1 Å². The van der Waals surface area contributed by atoms with Gasteiger partial charge in [0.25, 0.3) is 5.91 Å². The molecule has 0 N–H and O–H groups in total. The molecule has 0 bridgehead atoms. The van der Waals surface area contributed by atoms with Crippen LogP contribution >= 0.6 is 11.3 Å². The molecule has 186 valence electrons. The Balaban J connectivity index is 1.63. The van der Waals surface area contributed by atoms with Crippen molar-refractivity contribution in [2.24, 2.45) is 10.9 Å². The molecule has 1 saturated heterocycles. The number of carbonyl (C=O) groups excluding carboxylic acids is 2. The predicted molar refractivity (Wildman–Crippen MR) is 130 cm³/mol. The number of benzene rings is 2. The van der Waals surface area contributed by atoms with Crippen molar-refractivity contribution in [3.63, 3.8) is 0 Å². The van der Waals surface area contributed by atoms with E-state index in [2.05, 4.69) is 4.99 Å². The second-order valence-electron chi connectivity index (χ2n) is 8.35. The van der Waals surface area contributed by atoms with Crippen molar-refractivity contribution >= 4 is 43.5 Å². The lowest BCUT2D eigenvalue weighted by Gasteiger charge is -2.30. The number of rotatable bonds is 6. The summed E-state index contributed by atoms with van der Waals surface area (Å²) in [4.78, 5) is 30.0. The highest BCUT2D eigenvalue weighted by atomic mass is 32.2. The van der Waals surface area contributed by atoms with Gasteiger partial charge in [0.2, 0.25) is 10.0 Å². The van der Waals surface area contributed by atoms with Gasteiger partial charge in [-0.25, -0.2) is 12.8 Å². The highest BCUT2D eigenvalue weighted by Gasteiger charge is 2.33. The largest absolute Gasteiger partial charge is 0.465 e. The number of hydrogen-bond donors (Lipinski definition) is 0. The van der Waals surface area contributed by atoms with Crippen LogP contribution in [0.4, 0.5) is 4.39 Å². The summed E-state index contributed by atoms with van der Waals surface area (Å²) in [7, 11) is -3.74. The molecular formula is C24H26FN3O5S2. The summed E-state index contributed by atoms with van der Waals surface area (Å²) >= 11 is 1.09. The summed E-state index contributed by atoms with van der Waals surface area (Å²) in [6.45, 7) is 3.95. The van der Waals surface area contributed by atoms with Gasteiger partial charge in [-0.05, 0) is 57.0 Å². The maximum Gasteiger partial charge on any atom is 0.326 e. The number of amides is 1. The molecule has 11 heteroatoms. The Bertz CT molecular complexity index is 1430. The van der Waals surface area contributed by atoms with E-state index in [1.807, 2.05) is 6.92 Å². The molecule has 2 aromatic carbocycles. The second-order valence-corrected chi connectivity index (χ2v) is 11.3. The van der Waals surface area contributed by atoms with Gasteiger partial charge in [-0.2, -0.15) is 9.30 Å². The quantitative estimate of drug-likeness (QED) is 0.466. The molecular weight excluding hydrogens is 493 g/mol. The van der Waals surface area contributed by atoms with Gasteiger partial charge in [-0.3, -0.25) is 9.59 Å². The van der Waals surface area contributed by atoms with E-state index in [-0.39, 0.29) is 29.4 Å².